The maximum absolute atomic E-state index is 6.39. The normalized spacial score (nSPS) is 22.2. The van der Waals surface area contributed by atoms with Gasteiger partial charge in [0.1, 0.15) is 5.82 Å². The second-order valence-electron chi connectivity index (χ2n) is 8.55. The molecule has 1 aromatic heterocycles. The Morgan fingerprint density at radius 3 is 2.70 bits per heavy atom. The van der Waals surface area contributed by atoms with E-state index in [1.165, 1.54) is 25.1 Å². The van der Waals surface area contributed by atoms with Crippen molar-refractivity contribution < 1.29 is 9.47 Å². The van der Waals surface area contributed by atoms with Crippen molar-refractivity contribution >= 4 is 17.5 Å². The molecule has 0 radical (unpaired) electrons. The quantitative estimate of drug-likeness (QED) is 0.753. The summed E-state index contributed by atoms with van der Waals surface area (Å²) in [7, 11) is 2.20. The van der Waals surface area contributed by atoms with Crippen molar-refractivity contribution in [3.05, 3.63) is 35.9 Å². The summed E-state index contributed by atoms with van der Waals surface area (Å²) in [6, 6.07) is 10.5. The monoisotopic (exact) mass is 409 g/mol. The van der Waals surface area contributed by atoms with Crippen molar-refractivity contribution in [2.75, 3.05) is 69.4 Å². The maximum atomic E-state index is 6.39. The van der Waals surface area contributed by atoms with Crippen LogP contribution in [0.15, 0.2) is 30.3 Å². The van der Waals surface area contributed by atoms with Crippen molar-refractivity contribution in [1.82, 2.24) is 14.9 Å². The number of piperidine rings is 1. The summed E-state index contributed by atoms with van der Waals surface area (Å²) in [6.07, 6.45) is 3.38. The Balaban J connectivity index is 1.44. The standard InChI is InChI=1S/C23H31N5O2/c1-26-10-5-6-18(16-26)17-30-22-20-9-11-28(19-7-3-2-4-8-19)21(20)24-23(25-22)27-12-14-29-15-13-27/h2-4,7-8,18H,5-6,9-17H2,1H3. The van der Waals surface area contributed by atoms with Crippen LogP contribution in [-0.2, 0) is 11.2 Å². The number of hydrogen-bond acceptors (Lipinski definition) is 7. The Morgan fingerprint density at radius 2 is 1.90 bits per heavy atom. The first-order valence-corrected chi connectivity index (χ1v) is 11.2. The predicted octanol–water partition coefficient (Wildman–Crippen LogP) is 2.73. The van der Waals surface area contributed by atoms with E-state index in [2.05, 4.69) is 52.1 Å². The fourth-order valence-corrected chi connectivity index (χ4v) is 4.70. The molecule has 0 N–H and O–H groups in total. The minimum Gasteiger partial charge on any atom is -0.477 e. The summed E-state index contributed by atoms with van der Waals surface area (Å²) in [5, 5.41) is 0. The number of para-hydroxylation sites is 1. The van der Waals surface area contributed by atoms with E-state index in [9.17, 15) is 0 Å². The van der Waals surface area contributed by atoms with E-state index in [0.717, 1.165) is 62.4 Å². The molecule has 1 unspecified atom stereocenters. The number of nitrogens with zero attached hydrogens (tertiary/aromatic N) is 5. The summed E-state index contributed by atoms with van der Waals surface area (Å²) in [5.41, 5.74) is 2.31. The van der Waals surface area contributed by atoms with Gasteiger partial charge >= 0.3 is 0 Å². The Labute approximate surface area is 178 Å². The molecular formula is C23H31N5O2. The van der Waals surface area contributed by atoms with Crippen molar-refractivity contribution in [3.8, 4) is 5.88 Å². The van der Waals surface area contributed by atoms with Crippen molar-refractivity contribution in [1.29, 1.82) is 0 Å². The van der Waals surface area contributed by atoms with Gasteiger partial charge in [-0.1, -0.05) is 18.2 Å². The summed E-state index contributed by atoms with van der Waals surface area (Å²) in [5.74, 6) is 3.09. The second-order valence-corrected chi connectivity index (χ2v) is 8.55. The third-order valence-electron chi connectivity index (χ3n) is 6.32. The van der Waals surface area contributed by atoms with Crippen LogP contribution in [0.2, 0.25) is 0 Å². The van der Waals surface area contributed by atoms with Crippen LogP contribution in [0.5, 0.6) is 5.88 Å². The largest absolute Gasteiger partial charge is 0.477 e. The molecule has 4 heterocycles. The van der Waals surface area contributed by atoms with Gasteiger partial charge in [0.2, 0.25) is 11.8 Å². The number of likely N-dealkylation sites (tertiary alicyclic amines) is 1. The molecule has 2 aromatic rings. The third kappa shape index (κ3) is 4.09. The molecule has 0 aliphatic carbocycles. The van der Waals surface area contributed by atoms with Gasteiger partial charge in [0, 0.05) is 37.8 Å². The van der Waals surface area contributed by atoms with E-state index in [4.69, 9.17) is 19.4 Å². The predicted molar refractivity (Wildman–Crippen MR) is 118 cm³/mol. The number of benzene rings is 1. The molecule has 7 nitrogen and oxygen atoms in total. The molecular weight excluding hydrogens is 378 g/mol. The molecule has 0 spiro atoms. The molecule has 2 saturated heterocycles. The van der Waals surface area contributed by atoms with E-state index in [-0.39, 0.29) is 0 Å². The van der Waals surface area contributed by atoms with E-state index in [0.29, 0.717) is 19.1 Å². The average molecular weight is 410 g/mol. The fraction of sp³-hybridized carbons (Fsp3) is 0.565. The summed E-state index contributed by atoms with van der Waals surface area (Å²) >= 11 is 0. The number of aromatic nitrogens is 2. The van der Waals surface area contributed by atoms with Crippen molar-refractivity contribution in [2.24, 2.45) is 5.92 Å². The highest BCUT2D eigenvalue weighted by Crippen LogP contribution is 2.38. The zero-order valence-corrected chi connectivity index (χ0v) is 17.8. The maximum Gasteiger partial charge on any atom is 0.230 e. The van der Waals surface area contributed by atoms with Gasteiger partial charge in [-0.25, -0.2) is 0 Å². The lowest BCUT2D eigenvalue weighted by Crippen LogP contribution is -2.37. The molecule has 0 amide bonds. The van der Waals surface area contributed by atoms with Crippen LogP contribution < -0.4 is 14.5 Å². The first-order chi connectivity index (χ1) is 14.8. The van der Waals surface area contributed by atoms with E-state index < -0.39 is 0 Å². The molecule has 2 fully saturated rings. The van der Waals surface area contributed by atoms with Crippen LogP contribution in [-0.4, -0.2) is 74.5 Å². The van der Waals surface area contributed by atoms with Crippen LogP contribution in [0.1, 0.15) is 18.4 Å². The molecule has 160 valence electrons. The Morgan fingerprint density at radius 1 is 1.07 bits per heavy atom. The highest BCUT2D eigenvalue weighted by molar-refractivity contribution is 5.69. The van der Waals surface area contributed by atoms with Crippen LogP contribution >= 0.6 is 0 Å². The van der Waals surface area contributed by atoms with Crippen molar-refractivity contribution in [2.45, 2.75) is 19.3 Å². The van der Waals surface area contributed by atoms with E-state index in [1.807, 2.05) is 0 Å². The van der Waals surface area contributed by atoms with Crippen LogP contribution in [0.4, 0.5) is 17.5 Å². The van der Waals surface area contributed by atoms with Gasteiger partial charge in [0.05, 0.1) is 25.4 Å². The molecule has 3 aliphatic rings. The van der Waals surface area contributed by atoms with Gasteiger partial charge < -0.3 is 24.2 Å². The number of hydrogen-bond donors (Lipinski definition) is 0. The highest BCUT2D eigenvalue weighted by Gasteiger charge is 2.30. The summed E-state index contributed by atoms with van der Waals surface area (Å²) in [4.78, 5) is 16.8. The number of anilines is 3. The zero-order chi connectivity index (χ0) is 20.3. The lowest BCUT2D eigenvalue weighted by atomic mass is 10.00. The van der Waals surface area contributed by atoms with Gasteiger partial charge in [0.15, 0.2) is 0 Å². The van der Waals surface area contributed by atoms with Gasteiger partial charge in [-0.15, -0.1) is 0 Å². The van der Waals surface area contributed by atoms with E-state index in [1.54, 1.807) is 0 Å². The first-order valence-electron chi connectivity index (χ1n) is 11.2. The molecule has 1 aromatic carbocycles. The molecule has 0 saturated carbocycles. The van der Waals surface area contributed by atoms with E-state index >= 15 is 0 Å². The van der Waals surface area contributed by atoms with Gasteiger partial charge in [-0.3, -0.25) is 0 Å². The first kappa shape index (κ1) is 19.6. The average Bonchev–Trinajstić information content (AvgIpc) is 3.23. The highest BCUT2D eigenvalue weighted by atomic mass is 16.5. The summed E-state index contributed by atoms with van der Waals surface area (Å²) < 4.78 is 11.9. The number of morpholine rings is 1. The topological polar surface area (TPSA) is 54.0 Å². The molecule has 1 atom stereocenters. The second kappa shape index (κ2) is 8.78. The zero-order valence-electron chi connectivity index (χ0n) is 17.8. The third-order valence-corrected chi connectivity index (χ3v) is 6.32. The molecule has 3 aliphatic heterocycles. The number of fused-ring (bicyclic) bond motifs is 1. The molecule has 30 heavy (non-hydrogen) atoms. The lowest BCUT2D eigenvalue weighted by Gasteiger charge is -2.30. The Hall–Kier alpha value is -2.38. The van der Waals surface area contributed by atoms with Crippen LogP contribution in [0.3, 0.4) is 0 Å². The van der Waals surface area contributed by atoms with Crippen molar-refractivity contribution in [3.63, 3.8) is 0 Å². The smallest absolute Gasteiger partial charge is 0.230 e. The number of rotatable bonds is 5. The SMILES string of the molecule is CN1CCCC(COc2nc(N3CCOCC3)nc3c2CCN3c2ccccc2)C1. The summed E-state index contributed by atoms with van der Waals surface area (Å²) in [6.45, 7) is 6.98. The Bertz CT molecular complexity index is 856. The van der Waals surface area contributed by atoms with Crippen LogP contribution in [0, 0.1) is 5.92 Å². The van der Waals surface area contributed by atoms with Gasteiger partial charge in [-0.2, -0.15) is 9.97 Å². The minimum atomic E-state index is 0.563. The van der Waals surface area contributed by atoms with Gasteiger partial charge in [-0.05, 0) is 45.0 Å². The molecule has 5 rings (SSSR count). The van der Waals surface area contributed by atoms with Crippen LogP contribution in [0.25, 0.3) is 0 Å². The molecule has 7 heteroatoms. The Kier molecular flexibility index (Phi) is 5.73. The van der Waals surface area contributed by atoms with Gasteiger partial charge in [0.25, 0.3) is 0 Å². The fourth-order valence-electron chi connectivity index (χ4n) is 4.70. The minimum absolute atomic E-state index is 0.563. The molecule has 0 bridgehead atoms. The lowest BCUT2D eigenvalue weighted by molar-refractivity contribution is 0.121. The number of ether oxygens (including phenoxy) is 2.